The van der Waals surface area contributed by atoms with Crippen LogP contribution in [-0.2, 0) is 4.79 Å². The standard InChI is InChI=1S/C14H10BrCl2NO2/c15-9-4-1-2-7-12(9)20-8-13(19)18-14-10(16)5-3-6-11(14)17/h1-7H,8H2,(H,18,19). The summed E-state index contributed by atoms with van der Waals surface area (Å²) in [7, 11) is 0. The summed E-state index contributed by atoms with van der Waals surface area (Å²) in [5.41, 5.74) is 0.386. The summed E-state index contributed by atoms with van der Waals surface area (Å²) >= 11 is 15.3. The highest BCUT2D eigenvalue weighted by Gasteiger charge is 2.10. The van der Waals surface area contributed by atoms with E-state index in [0.29, 0.717) is 21.5 Å². The summed E-state index contributed by atoms with van der Waals surface area (Å²) in [5, 5.41) is 3.39. The van der Waals surface area contributed by atoms with Gasteiger partial charge in [0.15, 0.2) is 6.61 Å². The summed E-state index contributed by atoms with van der Waals surface area (Å²) in [5.74, 6) is 0.253. The monoisotopic (exact) mass is 373 g/mol. The fourth-order valence-electron chi connectivity index (χ4n) is 1.50. The van der Waals surface area contributed by atoms with E-state index in [2.05, 4.69) is 21.2 Å². The molecule has 2 aromatic rings. The molecule has 104 valence electrons. The normalized spacial score (nSPS) is 10.2. The van der Waals surface area contributed by atoms with Crippen molar-refractivity contribution in [2.45, 2.75) is 0 Å². The van der Waals surface area contributed by atoms with Gasteiger partial charge in [-0.2, -0.15) is 0 Å². The molecule has 20 heavy (non-hydrogen) atoms. The number of carbonyl (C=O) groups excluding carboxylic acids is 1. The van der Waals surface area contributed by atoms with E-state index in [0.717, 1.165) is 4.47 Å². The van der Waals surface area contributed by atoms with E-state index in [1.807, 2.05) is 18.2 Å². The molecule has 0 spiro atoms. The Morgan fingerprint density at radius 1 is 1.10 bits per heavy atom. The van der Waals surface area contributed by atoms with Crippen LogP contribution in [0, 0.1) is 0 Å². The average Bonchev–Trinajstić information content (AvgIpc) is 2.42. The first kappa shape index (κ1) is 15.2. The molecular formula is C14H10BrCl2NO2. The van der Waals surface area contributed by atoms with Gasteiger partial charge in [-0.25, -0.2) is 0 Å². The Balaban J connectivity index is 1.98. The number of rotatable bonds is 4. The van der Waals surface area contributed by atoms with Crippen molar-refractivity contribution in [1.29, 1.82) is 0 Å². The summed E-state index contributed by atoms with van der Waals surface area (Å²) in [4.78, 5) is 11.8. The first-order chi connectivity index (χ1) is 9.58. The lowest BCUT2D eigenvalue weighted by molar-refractivity contribution is -0.118. The fourth-order valence-corrected chi connectivity index (χ4v) is 2.39. The molecular weight excluding hydrogens is 365 g/mol. The number of para-hydroxylation sites is 2. The van der Waals surface area contributed by atoms with Gasteiger partial charge in [0, 0.05) is 0 Å². The van der Waals surface area contributed by atoms with Crippen molar-refractivity contribution in [1.82, 2.24) is 0 Å². The van der Waals surface area contributed by atoms with Gasteiger partial charge in [0.1, 0.15) is 5.75 Å². The Bertz CT molecular complexity index is 614. The minimum absolute atomic E-state index is 0.135. The molecule has 0 fully saturated rings. The van der Waals surface area contributed by atoms with E-state index >= 15 is 0 Å². The lowest BCUT2D eigenvalue weighted by Gasteiger charge is -2.10. The summed E-state index contributed by atoms with van der Waals surface area (Å²) in [6.45, 7) is -0.135. The molecule has 0 heterocycles. The van der Waals surface area contributed by atoms with Crippen molar-refractivity contribution in [3.63, 3.8) is 0 Å². The number of benzene rings is 2. The molecule has 0 unspecified atom stereocenters. The van der Waals surface area contributed by atoms with Crippen LogP contribution in [-0.4, -0.2) is 12.5 Å². The van der Waals surface area contributed by atoms with E-state index in [-0.39, 0.29) is 12.5 Å². The number of anilines is 1. The first-order valence-corrected chi connectivity index (χ1v) is 7.24. The minimum Gasteiger partial charge on any atom is -0.483 e. The molecule has 0 aliphatic heterocycles. The molecule has 1 N–H and O–H groups in total. The van der Waals surface area contributed by atoms with Crippen LogP contribution in [0.25, 0.3) is 0 Å². The van der Waals surface area contributed by atoms with Crippen LogP contribution in [0.4, 0.5) is 5.69 Å². The number of ether oxygens (including phenoxy) is 1. The van der Waals surface area contributed by atoms with Crippen LogP contribution in [0.15, 0.2) is 46.9 Å². The van der Waals surface area contributed by atoms with Crippen molar-refractivity contribution in [3.05, 3.63) is 57.0 Å². The van der Waals surface area contributed by atoms with Gasteiger partial charge in [0.05, 0.1) is 20.2 Å². The second-order valence-corrected chi connectivity index (χ2v) is 5.53. The third-order valence-electron chi connectivity index (χ3n) is 2.42. The summed E-state index contributed by atoms with van der Waals surface area (Å²) in [6.07, 6.45) is 0. The lowest BCUT2D eigenvalue weighted by atomic mass is 10.3. The zero-order chi connectivity index (χ0) is 14.5. The molecule has 6 heteroatoms. The number of halogens is 3. The van der Waals surface area contributed by atoms with Crippen LogP contribution in [0.5, 0.6) is 5.75 Å². The molecule has 0 radical (unpaired) electrons. The Labute approximate surface area is 135 Å². The van der Waals surface area contributed by atoms with Crippen LogP contribution in [0.3, 0.4) is 0 Å². The van der Waals surface area contributed by atoms with Crippen LogP contribution in [0.1, 0.15) is 0 Å². The number of hydrogen-bond acceptors (Lipinski definition) is 2. The summed E-state index contributed by atoms with van der Waals surface area (Å²) < 4.78 is 6.19. The Hall–Kier alpha value is -1.23. The third-order valence-corrected chi connectivity index (χ3v) is 3.71. The maximum Gasteiger partial charge on any atom is 0.262 e. The highest BCUT2D eigenvalue weighted by molar-refractivity contribution is 9.10. The molecule has 0 aliphatic rings. The van der Waals surface area contributed by atoms with Crippen molar-refractivity contribution in [3.8, 4) is 5.75 Å². The molecule has 0 atom stereocenters. The van der Waals surface area contributed by atoms with Crippen LogP contribution >= 0.6 is 39.1 Å². The Morgan fingerprint density at radius 2 is 1.75 bits per heavy atom. The van der Waals surface area contributed by atoms with Crippen molar-refractivity contribution >= 4 is 50.7 Å². The molecule has 0 saturated carbocycles. The maximum atomic E-state index is 11.8. The molecule has 2 rings (SSSR count). The van der Waals surface area contributed by atoms with Crippen molar-refractivity contribution in [2.24, 2.45) is 0 Å². The SMILES string of the molecule is O=C(COc1ccccc1Br)Nc1c(Cl)cccc1Cl. The number of nitrogens with one attached hydrogen (secondary N) is 1. The number of amides is 1. The second-order valence-electron chi connectivity index (χ2n) is 3.86. The predicted molar refractivity (Wildman–Crippen MR) is 84.7 cm³/mol. The van der Waals surface area contributed by atoms with Gasteiger partial charge >= 0.3 is 0 Å². The highest BCUT2D eigenvalue weighted by atomic mass is 79.9. The van der Waals surface area contributed by atoms with Gasteiger partial charge in [-0.05, 0) is 40.2 Å². The van der Waals surface area contributed by atoms with Gasteiger partial charge in [-0.3, -0.25) is 4.79 Å². The second kappa shape index (κ2) is 6.97. The molecule has 0 saturated heterocycles. The van der Waals surface area contributed by atoms with E-state index in [9.17, 15) is 4.79 Å². The highest BCUT2D eigenvalue weighted by Crippen LogP contribution is 2.29. The van der Waals surface area contributed by atoms with Gasteiger partial charge in [0.25, 0.3) is 5.91 Å². The first-order valence-electron chi connectivity index (χ1n) is 5.69. The Kier molecular flexibility index (Phi) is 5.29. The minimum atomic E-state index is -0.337. The van der Waals surface area contributed by atoms with Crippen LogP contribution in [0.2, 0.25) is 10.0 Å². The molecule has 2 aromatic carbocycles. The van der Waals surface area contributed by atoms with Gasteiger partial charge in [0.2, 0.25) is 0 Å². The summed E-state index contributed by atoms with van der Waals surface area (Å²) in [6, 6.07) is 12.3. The third kappa shape index (κ3) is 3.88. The predicted octanol–water partition coefficient (Wildman–Crippen LogP) is 4.77. The van der Waals surface area contributed by atoms with Crippen molar-refractivity contribution < 1.29 is 9.53 Å². The van der Waals surface area contributed by atoms with Gasteiger partial charge < -0.3 is 10.1 Å². The van der Waals surface area contributed by atoms with E-state index in [1.54, 1.807) is 24.3 Å². The molecule has 3 nitrogen and oxygen atoms in total. The zero-order valence-electron chi connectivity index (χ0n) is 10.2. The molecule has 1 amide bonds. The van der Waals surface area contributed by atoms with E-state index < -0.39 is 0 Å². The Morgan fingerprint density at radius 3 is 2.40 bits per heavy atom. The van der Waals surface area contributed by atoms with E-state index in [1.165, 1.54) is 0 Å². The topological polar surface area (TPSA) is 38.3 Å². The number of carbonyl (C=O) groups is 1. The van der Waals surface area contributed by atoms with E-state index in [4.69, 9.17) is 27.9 Å². The average molecular weight is 375 g/mol. The lowest BCUT2D eigenvalue weighted by Crippen LogP contribution is -2.20. The quantitative estimate of drug-likeness (QED) is 0.836. The molecule has 0 aliphatic carbocycles. The zero-order valence-corrected chi connectivity index (χ0v) is 13.3. The van der Waals surface area contributed by atoms with Crippen molar-refractivity contribution in [2.75, 3.05) is 11.9 Å². The fraction of sp³-hybridized carbons (Fsp3) is 0.0714. The largest absolute Gasteiger partial charge is 0.483 e. The molecule has 0 aromatic heterocycles. The number of hydrogen-bond donors (Lipinski definition) is 1. The van der Waals surface area contributed by atoms with Gasteiger partial charge in [-0.1, -0.05) is 41.4 Å². The maximum absolute atomic E-state index is 11.8. The smallest absolute Gasteiger partial charge is 0.262 e. The van der Waals surface area contributed by atoms with Crippen LogP contribution < -0.4 is 10.1 Å². The molecule has 0 bridgehead atoms. The van der Waals surface area contributed by atoms with Gasteiger partial charge in [-0.15, -0.1) is 0 Å².